The fourth-order valence-corrected chi connectivity index (χ4v) is 15.5. The number of amides is 2. The Balaban J connectivity index is 0.000000256. The topological polar surface area (TPSA) is 464 Å². The van der Waals surface area contributed by atoms with Crippen molar-refractivity contribution in [3.8, 4) is 69.6 Å². The van der Waals surface area contributed by atoms with E-state index in [-0.39, 0.29) is 105 Å². The maximum atomic E-state index is 13.8. The second-order valence-electron chi connectivity index (χ2n) is 18.3. The van der Waals surface area contributed by atoms with E-state index < -0.39 is 94.3 Å². The maximum Gasteiger partial charge on any atom is 0.391 e. The summed E-state index contributed by atoms with van der Waals surface area (Å²) >= 11 is 1.70. The average Bonchev–Trinajstić information content (AvgIpc) is 1.89. The standard InChI is InChI=1S/2C27H26FN4O10PS2/c28-20-12-18(5-4-16(20)14-30)42-43(36,37)15-32-45(38,39)25-11-17-10-22(23(40-8-6-29)13-24(17)44-25)41-9-7-31-27(35)19-2-1-3-21(33)26(19)34;28-20-12-18(5-4-16(20)14-30)42-43(36,37)15-32-45(38,39)25-11-17-10-22(40-8-6-29)23(13-24(17)44-25)41-9-7-31-27(35)19-2-1-3-21(33)26(19)34/h2*1-5,10-13,32-34H,6-9,15,29H2,(H,31,35)(H,36,37)/p+2. The molecule has 36 heteroatoms. The van der Waals surface area contributed by atoms with Gasteiger partial charge in [-0.15, -0.1) is 22.7 Å². The van der Waals surface area contributed by atoms with E-state index in [2.05, 4.69) is 22.1 Å². The molecule has 476 valence electrons. The molecule has 2 aromatic heterocycles. The molecule has 6 aromatic carbocycles. The Morgan fingerprint density at radius 3 is 1.27 bits per heavy atom. The minimum Gasteiger partial charge on any atom is -0.504 e. The van der Waals surface area contributed by atoms with Gasteiger partial charge in [-0.05, 0) is 83.6 Å². The van der Waals surface area contributed by atoms with Crippen molar-refractivity contribution in [3.05, 3.63) is 143 Å². The van der Waals surface area contributed by atoms with E-state index in [1.807, 2.05) is 9.44 Å². The molecule has 8 aromatic rings. The lowest BCUT2D eigenvalue weighted by atomic mass is 10.1. The van der Waals surface area contributed by atoms with E-state index in [0.29, 0.717) is 33.3 Å². The average molecular weight is 1360 g/mol. The normalized spacial score (nSPS) is 12.7. The Kier molecular flexibility index (Phi) is 22.9. The summed E-state index contributed by atoms with van der Waals surface area (Å²) in [5, 5.41) is 62.6. The predicted molar refractivity (Wildman–Crippen MR) is 319 cm³/mol. The Bertz CT molecular complexity index is 4140. The minimum absolute atomic E-state index is 0.00627. The van der Waals surface area contributed by atoms with Crippen LogP contribution in [0.5, 0.6) is 57.5 Å². The highest BCUT2D eigenvalue weighted by atomic mass is 32.3. The number of benzene rings is 6. The molecule has 8 rings (SSSR count). The highest BCUT2D eigenvalue weighted by Gasteiger charge is 2.30. The molecule has 0 spiro atoms. The third-order valence-electron chi connectivity index (χ3n) is 11.8. The zero-order chi connectivity index (χ0) is 65.6. The van der Waals surface area contributed by atoms with Gasteiger partial charge in [0.05, 0.1) is 35.3 Å². The number of hydrogen-bond donors (Lipinski definition) is 12. The van der Waals surface area contributed by atoms with Gasteiger partial charge >= 0.3 is 15.2 Å². The Labute approximate surface area is 518 Å². The predicted octanol–water partition coefficient (Wildman–Crippen LogP) is 4.51. The van der Waals surface area contributed by atoms with Crippen LogP contribution in [-0.4, -0.2) is 124 Å². The summed E-state index contributed by atoms with van der Waals surface area (Å²) in [7, 11) is -17.9. The highest BCUT2D eigenvalue weighted by Crippen LogP contribution is 2.45. The second-order valence-corrected chi connectivity index (χ2v) is 28.0. The molecule has 0 aliphatic heterocycles. The van der Waals surface area contributed by atoms with Crippen LogP contribution in [0.4, 0.5) is 8.78 Å². The number of fused-ring (bicyclic) bond motifs is 2. The third kappa shape index (κ3) is 18.2. The summed E-state index contributed by atoms with van der Waals surface area (Å²) in [6.07, 6.45) is -2.05. The lowest BCUT2D eigenvalue weighted by Gasteiger charge is -2.14. The van der Waals surface area contributed by atoms with Crippen LogP contribution in [0.3, 0.4) is 0 Å². The first-order valence-electron chi connectivity index (χ1n) is 25.9. The molecule has 0 saturated heterocycles. The number of sulfonamides is 2. The van der Waals surface area contributed by atoms with E-state index in [4.69, 9.17) is 38.5 Å². The van der Waals surface area contributed by atoms with Crippen LogP contribution in [0.2, 0.25) is 0 Å². The smallest absolute Gasteiger partial charge is 0.391 e. The molecule has 90 heavy (non-hydrogen) atoms. The van der Waals surface area contributed by atoms with Crippen LogP contribution in [0.1, 0.15) is 31.8 Å². The van der Waals surface area contributed by atoms with E-state index in [9.17, 15) is 74.5 Å². The molecule has 0 fully saturated rings. The van der Waals surface area contributed by atoms with Crippen molar-refractivity contribution in [1.82, 2.24) is 20.1 Å². The van der Waals surface area contributed by atoms with Crippen molar-refractivity contribution in [1.29, 1.82) is 10.5 Å². The van der Waals surface area contributed by atoms with Crippen molar-refractivity contribution in [2.24, 2.45) is 0 Å². The molecule has 0 aliphatic rings. The molecule has 2 heterocycles. The molecule has 2 atom stereocenters. The lowest BCUT2D eigenvalue weighted by Crippen LogP contribution is -2.52. The Morgan fingerprint density at radius 1 is 0.544 bits per heavy atom. The number of phenolic OH excluding ortho intramolecular Hbond substituents is 4. The van der Waals surface area contributed by atoms with Gasteiger partial charge in [0.25, 0.3) is 31.9 Å². The van der Waals surface area contributed by atoms with Crippen LogP contribution in [0.25, 0.3) is 20.2 Å². The second kappa shape index (κ2) is 30.1. The highest BCUT2D eigenvalue weighted by molar-refractivity contribution is 7.92. The van der Waals surface area contributed by atoms with Crippen molar-refractivity contribution >= 4 is 89.9 Å². The van der Waals surface area contributed by atoms with Gasteiger partial charge in [0, 0.05) is 33.7 Å². The number of quaternary nitrogens is 2. The van der Waals surface area contributed by atoms with E-state index in [0.717, 1.165) is 59.1 Å². The van der Waals surface area contributed by atoms with Crippen LogP contribution in [0.15, 0.2) is 118 Å². The van der Waals surface area contributed by atoms with Crippen LogP contribution < -0.4 is 59.5 Å². The lowest BCUT2D eigenvalue weighted by molar-refractivity contribution is -0.371. The number of carbonyl (C=O) groups is 2. The number of ether oxygens (including phenoxy) is 4. The summed E-state index contributed by atoms with van der Waals surface area (Å²) in [4.78, 5) is 45.0. The van der Waals surface area contributed by atoms with Crippen LogP contribution in [0, 0.1) is 34.3 Å². The molecule has 0 aliphatic carbocycles. The quantitative estimate of drug-likeness (QED) is 0.0182. The van der Waals surface area contributed by atoms with Gasteiger partial charge in [-0.25, -0.2) is 34.7 Å². The summed E-state index contributed by atoms with van der Waals surface area (Å²) in [6.45, 7) is 1.23. The number of nitriles is 2. The van der Waals surface area contributed by atoms with Gasteiger partial charge in [0.15, 0.2) is 46.0 Å². The molecule has 0 bridgehead atoms. The van der Waals surface area contributed by atoms with E-state index >= 15 is 0 Å². The number of nitrogens with one attached hydrogen (secondary N) is 4. The number of para-hydroxylation sites is 2. The number of nitrogens with zero attached hydrogens (tertiary/aromatic N) is 2. The van der Waals surface area contributed by atoms with E-state index in [1.165, 1.54) is 54.6 Å². The van der Waals surface area contributed by atoms with Gasteiger partial charge in [0.1, 0.15) is 95.8 Å². The zero-order valence-electron chi connectivity index (χ0n) is 46.5. The molecule has 28 nitrogen and oxygen atoms in total. The summed E-state index contributed by atoms with van der Waals surface area (Å²) < 4.78 is 142. The van der Waals surface area contributed by atoms with Crippen molar-refractivity contribution in [2.45, 2.75) is 8.42 Å². The van der Waals surface area contributed by atoms with Gasteiger partial charge in [-0.2, -0.15) is 20.0 Å². The van der Waals surface area contributed by atoms with E-state index in [1.54, 1.807) is 30.3 Å². The minimum atomic E-state index is -4.62. The molecule has 2 amide bonds. The van der Waals surface area contributed by atoms with Crippen LogP contribution >= 0.6 is 37.9 Å². The number of carbonyl (C=O) groups excluding carboxylic acids is 2. The molecular formula is C54H54F2N8O20P2S4+2. The fraction of sp³-hybridized carbons (Fsp3) is 0.185. The summed E-state index contributed by atoms with van der Waals surface area (Å²) in [6, 6.07) is 25.8. The van der Waals surface area contributed by atoms with Gasteiger partial charge in [0.2, 0.25) is 0 Å². The number of phenols is 4. The zero-order valence-corrected chi connectivity index (χ0v) is 51.5. The number of aromatic hydroxyl groups is 4. The fourth-order valence-electron chi connectivity index (χ4n) is 7.55. The Morgan fingerprint density at radius 2 is 0.911 bits per heavy atom. The number of hydrogen-bond acceptors (Lipinski definition) is 22. The first-order chi connectivity index (χ1) is 42.7. The first-order valence-corrected chi connectivity index (χ1v) is 34.0. The van der Waals surface area contributed by atoms with Gasteiger partial charge < -0.3 is 80.3 Å². The van der Waals surface area contributed by atoms with Crippen molar-refractivity contribution in [2.75, 3.05) is 65.2 Å². The molecule has 0 saturated carbocycles. The largest absolute Gasteiger partial charge is 0.504 e. The number of halogens is 2. The first kappa shape index (κ1) is 68.6. The number of thiophene rings is 2. The molecular weight excluding hydrogens is 1310 g/mol. The third-order valence-corrected chi connectivity index (χ3v) is 20.3. The molecule has 16 N–H and O–H groups in total. The Hall–Kier alpha value is -8.86. The summed E-state index contributed by atoms with van der Waals surface area (Å²) in [5.74, 6) is -4.90. The monoisotopic (exact) mass is 1360 g/mol. The summed E-state index contributed by atoms with van der Waals surface area (Å²) in [5.41, 5.74) is 6.60. The van der Waals surface area contributed by atoms with Gasteiger partial charge in [-0.1, -0.05) is 12.1 Å². The van der Waals surface area contributed by atoms with Crippen molar-refractivity contribution < 1.29 is 114 Å². The SMILES string of the molecule is N#Cc1ccc(OP(=O)(O)CNS(=O)(=O)c2cc3cc(OCCNC(=O)c4cccc(O)c4O)c(OCC[NH3+])cc3s2)cc1F.N#Cc1ccc(OP(=O)(O)CNS(=O)(=O)c2cc3cc(OCC[NH3+])c(OCCNC(=O)c4cccc(O)c4O)cc3s2)cc1F. The maximum absolute atomic E-state index is 13.8. The van der Waals surface area contributed by atoms with Gasteiger partial charge in [-0.3, -0.25) is 9.59 Å². The van der Waals surface area contributed by atoms with Crippen molar-refractivity contribution in [3.63, 3.8) is 0 Å². The molecule has 2 unspecified atom stereocenters. The number of rotatable bonds is 28. The van der Waals surface area contributed by atoms with Crippen LogP contribution in [-0.2, 0) is 29.2 Å². The molecule has 0 radical (unpaired) electrons.